The number of nitrogens with zero attached hydrogens (tertiary/aromatic N) is 2. The summed E-state index contributed by atoms with van der Waals surface area (Å²) in [5.74, 6) is -3.30. The van der Waals surface area contributed by atoms with Crippen LogP contribution in [0.1, 0.15) is 25.3 Å². The van der Waals surface area contributed by atoms with Crippen LogP contribution in [0.2, 0.25) is 0 Å². The summed E-state index contributed by atoms with van der Waals surface area (Å²) in [6.45, 7) is 1.45. The molecule has 0 bridgehead atoms. The molecule has 0 aliphatic carbocycles. The van der Waals surface area contributed by atoms with Crippen LogP contribution in [-0.2, 0) is 20.9 Å². The lowest BCUT2D eigenvalue weighted by Gasteiger charge is -2.29. The van der Waals surface area contributed by atoms with Crippen LogP contribution >= 0.6 is 11.8 Å². The van der Waals surface area contributed by atoms with Gasteiger partial charge in [-0.05, 0) is 36.3 Å². The van der Waals surface area contributed by atoms with Gasteiger partial charge in [0.2, 0.25) is 17.6 Å². The number of benzene rings is 1. The van der Waals surface area contributed by atoms with E-state index < -0.39 is 29.7 Å². The highest BCUT2D eigenvalue weighted by molar-refractivity contribution is 7.99. The Hall–Kier alpha value is -2.62. The normalized spacial score (nSPS) is 12.5. The number of thioether (sulfide) groups is 1. The molecule has 2 aromatic rings. The van der Waals surface area contributed by atoms with E-state index >= 15 is 0 Å². The van der Waals surface area contributed by atoms with Crippen molar-refractivity contribution in [1.29, 1.82) is 0 Å². The zero-order chi connectivity index (χ0) is 22.3. The SMILES string of the molecule is CC(=O)N(Cc1cnc2ccccc2c1)[C@@H](CCCSCC(=O)C(F)(F)F)C(N)=O. The topological polar surface area (TPSA) is 93.4 Å². The van der Waals surface area contributed by atoms with E-state index in [-0.39, 0.29) is 24.6 Å². The standard InChI is InChI=1S/C20H22F3N3O3S/c1-13(27)26(11-14-9-15-5-2-3-6-16(15)25-10-14)17(19(24)29)7-4-8-30-12-18(28)20(21,22)23/h2-3,5-6,9-10,17H,4,7-8,11-12H2,1H3,(H2,24,29)/t17-/m0/s1. The summed E-state index contributed by atoms with van der Waals surface area (Å²) < 4.78 is 36.7. The fraction of sp³-hybridized carbons (Fsp3) is 0.400. The predicted octanol–water partition coefficient (Wildman–Crippen LogP) is 3.08. The number of carbonyl (C=O) groups is 3. The van der Waals surface area contributed by atoms with E-state index in [1.165, 1.54) is 11.8 Å². The Labute approximate surface area is 176 Å². The van der Waals surface area contributed by atoms with Crippen molar-refractivity contribution in [3.05, 3.63) is 42.1 Å². The van der Waals surface area contributed by atoms with Gasteiger partial charge in [-0.3, -0.25) is 19.4 Å². The average molecular weight is 441 g/mol. The van der Waals surface area contributed by atoms with Crippen LogP contribution in [0.25, 0.3) is 10.9 Å². The number of carbonyl (C=O) groups excluding carboxylic acids is 3. The first-order valence-electron chi connectivity index (χ1n) is 9.17. The number of para-hydroxylation sites is 1. The van der Waals surface area contributed by atoms with Gasteiger partial charge in [-0.25, -0.2) is 0 Å². The molecular weight excluding hydrogens is 419 g/mol. The first-order valence-corrected chi connectivity index (χ1v) is 10.3. The van der Waals surface area contributed by atoms with Crippen LogP contribution in [0, 0.1) is 0 Å². The molecule has 6 nitrogen and oxygen atoms in total. The fourth-order valence-corrected chi connectivity index (χ4v) is 3.78. The van der Waals surface area contributed by atoms with E-state index in [9.17, 15) is 27.6 Å². The molecule has 2 N–H and O–H groups in total. The third-order valence-corrected chi connectivity index (χ3v) is 5.47. The second-order valence-electron chi connectivity index (χ2n) is 6.72. The molecule has 10 heteroatoms. The quantitative estimate of drug-likeness (QED) is 0.572. The number of hydrogen-bond acceptors (Lipinski definition) is 5. The summed E-state index contributed by atoms with van der Waals surface area (Å²) in [5, 5.41) is 0.889. The summed E-state index contributed by atoms with van der Waals surface area (Å²) in [4.78, 5) is 40.7. The van der Waals surface area contributed by atoms with Gasteiger partial charge in [0, 0.05) is 25.1 Å². The molecule has 1 aromatic heterocycles. The van der Waals surface area contributed by atoms with E-state index in [1.807, 2.05) is 30.3 Å². The van der Waals surface area contributed by atoms with Gasteiger partial charge in [0.1, 0.15) is 6.04 Å². The van der Waals surface area contributed by atoms with Crippen LogP contribution in [0.5, 0.6) is 0 Å². The molecule has 0 unspecified atom stereocenters. The van der Waals surface area contributed by atoms with Crippen molar-refractivity contribution in [2.75, 3.05) is 11.5 Å². The summed E-state index contributed by atoms with van der Waals surface area (Å²) in [6.07, 6.45) is -2.72. The minimum absolute atomic E-state index is 0.125. The summed E-state index contributed by atoms with van der Waals surface area (Å²) in [6, 6.07) is 8.43. The largest absolute Gasteiger partial charge is 0.450 e. The first-order chi connectivity index (χ1) is 14.1. The zero-order valence-electron chi connectivity index (χ0n) is 16.3. The second kappa shape index (κ2) is 10.4. The van der Waals surface area contributed by atoms with E-state index in [2.05, 4.69) is 4.98 Å². The minimum Gasteiger partial charge on any atom is -0.368 e. The molecule has 2 rings (SSSR count). The Kier molecular flexibility index (Phi) is 8.22. The Morgan fingerprint density at radius 3 is 2.57 bits per heavy atom. The molecule has 2 amide bonds. The average Bonchev–Trinajstić information content (AvgIpc) is 2.67. The van der Waals surface area contributed by atoms with E-state index in [0.29, 0.717) is 6.42 Å². The minimum atomic E-state index is -4.85. The predicted molar refractivity (Wildman–Crippen MR) is 109 cm³/mol. The van der Waals surface area contributed by atoms with Crippen molar-refractivity contribution >= 4 is 40.3 Å². The van der Waals surface area contributed by atoms with Gasteiger partial charge >= 0.3 is 6.18 Å². The molecule has 30 heavy (non-hydrogen) atoms. The number of amides is 2. The lowest BCUT2D eigenvalue weighted by molar-refractivity contribution is -0.167. The van der Waals surface area contributed by atoms with E-state index in [4.69, 9.17) is 5.73 Å². The summed E-state index contributed by atoms with van der Waals surface area (Å²) >= 11 is 0.832. The maximum atomic E-state index is 12.2. The maximum Gasteiger partial charge on any atom is 0.450 e. The van der Waals surface area contributed by atoms with Gasteiger partial charge in [0.25, 0.3) is 0 Å². The number of fused-ring (bicyclic) bond motifs is 1. The Bertz CT molecular complexity index is 921. The highest BCUT2D eigenvalue weighted by Gasteiger charge is 2.37. The molecular formula is C20H22F3N3O3S. The monoisotopic (exact) mass is 441 g/mol. The lowest BCUT2D eigenvalue weighted by atomic mass is 10.1. The number of alkyl halides is 3. The van der Waals surface area contributed by atoms with Crippen molar-refractivity contribution < 1.29 is 27.6 Å². The van der Waals surface area contributed by atoms with Crippen molar-refractivity contribution in [3.8, 4) is 0 Å². The Balaban J connectivity index is 2.00. The molecule has 0 fully saturated rings. The van der Waals surface area contributed by atoms with Crippen molar-refractivity contribution in [2.45, 2.75) is 38.5 Å². The molecule has 162 valence electrons. The molecule has 0 saturated heterocycles. The molecule has 1 aromatic carbocycles. The Morgan fingerprint density at radius 2 is 1.93 bits per heavy atom. The number of rotatable bonds is 10. The highest BCUT2D eigenvalue weighted by Crippen LogP contribution is 2.21. The number of aromatic nitrogens is 1. The van der Waals surface area contributed by atoms with Gasteiger partial charge in [-0.15, -0.1) is 0 Å². The van der Waals surface area contributed by atoms with Crippen molar-refractivity contribution in [3.63, 3.8) is 0 Å². The lowest BCUT2D eigenvalue weighted by Crippen LogP contribution is -2.46. The number of Topliss-reactive ketones (excluding diaryl/α,β-unsaturated/α-hetero) is 1. The molecule has 0 spiro atoms. The number of nitrogens with two attached hydrogens (primary N) is 1. The van der Waals surface area contributed by atoms with Crippen molar-refractivity contribution in [1.82, 2.24) is 9.88 Å². The number of pyridine rings is 1. The van der Waals surface area contributed by atoms with E-state index in [0.717, 1.165) is 28.2 Å². The van der Waals surface area contributed by atoms with Crippen LogP contribution in [0.4, 0.5) is 13.2 Å². The van der Waals surface area contributed by atoms with Gasteiger partial charge in [0.15, 0.2) is 0 Å². The van der Waals surface area contributed by atoms with Gasteiger partial charge in [0.05, 0.1) is 11.3 Å². The third-order valence-electron chi connectivity index (χ3n) is 4.42. The number of ketones is 1. The van der Waals surface area contributed by atoms with Crippen LogP contribution in [0.15, 0.2) is 36.5 Å². The molecule has 1 atom stereocenters. The smallest absolute Gasteiger partial charge is 0.368 e. The molecule has 0 aliphatic heterocycles. The fourth-order valence-electron chi connectivity index (χ4n) is 2.92. The molecule has 0 aliphatic rings. The summed E-state index contributed by atoms with van der Waals surface area (Å²) in [7, 11) is 0. The molecule has 0 radical (unpaired) electrons. The van der Waals surface area contributed by atoms with Gasteiger partial charge < -0.3 is 10.6 Å². The highest BCUT2D eigenvalue weighted by atomic mass is 32.2. The van der Waals surface area contributed by atoms with Crippen LogP contribution < -0.4 is 5.73 Å². The number of halogens is 3. The van der Waals surface area contributed by atoms with Crippen LogP contribution in [-0.4, -0.2) is 51.2 Å². The number of primary amides is 1. The second-order valence-corrected chi connectivity index (χ2v) is 7.82. The maximum absolute atomic E-state index is 12.2. The molecule has 1 heterocycles. The number of hydrogen-bond donors (Lipinski definition) is 1. The van der Waals surface area contributed by atoms with E-state index in [1.54, 1.807) is 6.20 Å². The van der Waals surface area contributed by atoms with Crippen molar-refractivity contribution in [2.24, 2.45) is 5.73 Å². The molecule has 0 saturated carbocycles. The summed E-state index contributed by atoms with van der Waals surface area (Å²) in [5.41, 5.74) is 7.00. The van der Waals surface area contributed by atoms with Crippen LogP contribution in [0.3, 0.4) is 0 Å². The Morgan fingerprint density at radius 1 is 1.23 bits per heavy atom. The zero-order valence-corrected chi connectivity index (χ0v) is 17.1. The third kappa shape index (κ3) is 6.72. The van der Waals surface area contributed by atoms with Gasteiger partial charge in [-0.2, -0.15) is 24.9 Å². The first kappa shape index (κ1) is 23.7. The van der Waals surface area contributed by atoms with Gasteiger partial charge in [-0.1, -0.05) is 18.2 Å².